The lowest BCUT2D eigenvalue weighted by atomic mass is 10.2. The van der Waals surface area contributed by atoms with Crippen LogP contribution in [0.5, 0.6) is 0 Å². The first kappa shape index (κ1) is 11.6. The molecule has 1 rings (SSSR count). The van der Waals surface area contributed by atoms with Gasteiger partial charge in [0.15, 0.2) is 0 Å². The molecule has 0 bridgehead atoms. The zero-order chi connectivity index (χ0) is 10.3. The van der Waals surface area contributed by atoms with Crippen LogP contribution in [0.2, 0.25) is 0 Å². The number of halogens is 1. The molecular formula is C10H13FO2. The molecule has 0 aliphatic carbocycles. The molecule has 2 nitrogen and oxygen atoms in total. The van der Waals surface area contributed by atoms with E-state index in [0.717, 1.165) is 5.56 Å². The number of carbonyl (C=O) groups excluding carboxylic acids is 1. The summed E-state index contributed by atoms with van der Waals surface area (Å²) >= 11 is 0. The third-order valence-electron chi connectivity index (χ3n) is 1.47. The highest BCUT2D eigenvalue weighted by atomic mass is 19.1. The van der Waals surface area contributed by atoms with E-state index >= 15 is 0 Å². The Morgan fingerprint density at radius 1 is 1.23 bits per heavy atom. The molecule has 72 valence electrons. The number of rotatable bonds is 1. The van der Waals surface area contributed by atoms with Crippen molar-refractivity contribution in [3.8, 4) is 0 Å². The Balaban J connectivity index is 0.000000671. The Kier molecular flexibility index (Phi) is 5.52. The Bertz CT molecular complexity index is 254. The highest BCUT2D eigenvalue weighted by Gasteiger charge is 2.01. The van der Waals surface area contributed by atoms with Gasteiger partial charge in [-0.3, -0.25) is 4.39 Å². The Morgan fingerprint density at radius 3 is 2.08 bits per heavy atom. The van der Waals surface area contributed by atoms with Gasteiger partial charge in [-0.2, -0.15) is 0 Å². The molecule has 0 aromatic heterocycles. The third-order valence-corrected chi connectivity index (χ3v) is 1.47. The first-order chi connectivity index (χ1) is 6.24. The first-order valence-corrected chi connectivity index (χ1v) is 3.77. The summed E-state index contributed by atoms with van der Waals surface area (Å²) in [7, 11) is 1.88. The second-order valence-corrected chi connectivity index (χ2v) is 2.36. The predicted octanol–water partition coefficient (Wildman–Crippen LogP) is 2.37. The molecule has 1 aromatic rings. The Morgan fingerprint density at radius 2 is 1.69 bits per heavy atom. The molecule has 0 fully saturated rings. The summed E-state index contributed by atoms with van der Waals surface area (Å²) < 4.78 is 14.0. The number of alkyl halides is 1. The lowest BCUT2D eigenvalue weighted by Gasteiger charge is -1.97. The van der Waals surface area contributed by atoms with Crippen molar-refractivity contribution in [1.29, 1.82) is 0 Å². The standard InChI is InChI=1S/C9H10O2.CH3F/c1-7-3-5-8(6-4-7)9(10)11-2;1-2/h3-6H,1-2H3;1H3. The summed E-state index contributed by atoms with van der Waals surface area (Å²) in [5.74, 6) is -0.287. The number of hydrogen-bond donors (Lipinski definition) is 0. The van der Waals surface area contributed by atoms with E-state index in [1.807, 2.05) is 19.1 Å². The van der Waals surface area contributed by atoms with E-state index in [4.69, 9.17) is 0 Å². The van der Waals surface area contributed by atoms with E-state index in [-0.39, 0.29) is 5.97 Å². The van der Waals surface area contributed by atoms with Crippen LogP contribution in [0.25, 0.3) is 0 Å². The molecule has 0 N–H and O–H groups in total. The number of esters is 1. The highest BCUT2D eigenvalue weighted by Crippen LogP contribution is 2.03. The van der Waals surface area contributed by atoms with Gasteiger partial charge >= 0.3 is 5.97 Å². The maximum atomic E-state index is 10.9. The van der Waals surface area contributed by atoms with E-state index in [1.165, 1.54) is 7.11 Å². The fraction of sp³-hybridized carbons (Fsp3) is 0.300. The third kappa shape index (κ3) is 3.69. The fourth-order valence-electron chi connectivity index (χ4n) is 0.807. The maximum absolute atomic E-state index is 10.9. The van der Waals surface area contributed by atoms with Gasteiger partial charge in [0.1, 0.15) is 0 Å². The molecule has 0 amide bonds. The highest BCUT2D eigenvalue weighted by molar-refractivity contribution is 5.89. The molecule has 13 heavy (non-hydrogen) atoms. The van der Waals surface area contributed by atoms with Crippen molar-refractivity contribution in [2.24, 2.45) is 0 Å². The minimum Gasteiger partial charge on any atom is -0.465 e. The van der Waals surface area contributed by atoms with Crippen molar-refractivity contribution in [2.45, 2.75) is 6.92 Å². The first-order valence-electron chi connectivity index (χ1n) is 3.77. The van der Waals surface area contributed by atoms with Gasteiger partial charge < -0.3 is 4.74 Å². The SMILES string of the molecule is CF.COC(=O)c1ccc(C)cc1. The molecule has 0 radical (unpaired) electrons. The van der Waals surface area contributed by atoms with E-state index in [9.17, 15) is 9.18 Å². The van der Waals surface area contributed by atoms with Crippen LogP contribution < -0.4 is 0 Å². The molecule has 0 atom stereocenters. The Hall–Kier alpha value is -1.38. The number of carbonyl (C=O) groups is 1. The van der Waals surface area contributed by atoms with Gasteiger partial charge in [0.05, 0.1) is 19.9 Å². The molecule has 0 aliphatic heterocycles. The van der Waals surface area contributed by atoms with E-state index < -0.39 is 0 Å². The smallest absolute Gasteiger partial charge is 0.337 e. The van der Waals surface area contributed by atoms with Crippen molar-refractivity contribution in [3.63, 3.8) is 0 Å². The summed E-state index contributed by atoms with van der Waals surface area (Å²) in [6.07, 6.45) is 0. The zero-order valence-corrected chi connectivity index (χ0v) is 8.00. The normalized spacial score (nSPS) is 8.31. The van der Waals surface area contributed by atoms with Crippen LogP contribution in [0.4, 0.5) is 4.39 Å². The monoisotopic (exact) mass is 184 g/mol. The van der Waals surface area contributed by atoms with Gasteiger partial charge in [-0.15, -0.1) is 0 Å². The van der Waals surface area contributed by atoms with Crippen LogP contribution in [0, 0.1) is 6.92 Å². The van der Waals surface area contributed by atoms with Gasteiger partial charge in [-0.1, -0.05) is 17.7 Å². The van der Waals surface area contributed by atoms with Crippen LogP contribution in [0.15, 0.2) is 24.3 Å². The summed E-state index contributed by atoms with van der Waals surface area (Å²) in [4.78, 5) is 10.9. The summed E-state index contributed by atoms with van der Waals surface area (Å²) in [6.45, 7) is 1.97. The second kappa shape index (κ2) is 6.17. The molecule has 0 aliphatic rings. The molecule has 0 spiro atoms. The van der Waals surface area contributed by atoms with Crippen LogP contribution in [-0.2, 0) is 4.74 Å². The number of benzene rings is 1. The predicted molar refractivity (Wildman–Crippen MR) is 49.6 cm³/mol. The zero-order valence-electron chi connectivity index (χ0n) is 8.00. The van der Waals surface area contributed by atoms with Crippen molar-refractivity contribution in [1.82, 2.24) is 0 Å². The van der Waals surface area contributed by atoms with Crippen molar-refractivity contribution in [2.75, 3.05) is 14.3 Å². The Labute approximate surface area is 77.3 Å². The van der Waals surface area contributed by atoms with Crippen molar-refractivity contribution >= 4 is 5.97 Å². The second-order valence-electron chi connectivity index (χ2n) is 2.36. The molecule has 3 heteroatoms. The molecule has 0 saturated heterocycles. The lowest BCUT2D eigenvalue weighted by Crippen LogP contribution is -2.00. The number of hydrogen-bond acceptors (Lipinski definition) is 2. The summed E-state index contributed by atoms with van der Waals surface area (Å²) in [5, 5.41) is 0. The molecular weight excluding hydrogens is 171 g/mol. The topological polar surface area (TPSA) is 26.3 Å². The quantitative estimate of drug-likeness (QED) is 0.626. The molecule has 0 unspecified atom stereocenters. The number of methoxy groups -OCH3 is 1. The number of aryl methyl sites for hydroxylation is 1. The van der Waals surface area contributed by atoms with Gasteiger partial charge in [-0.25, -0.2) is 4.79 Å². The van der Waals surface area contributed by atoms with Crippen LogP contribution in [0.3, 0.4) is 0 Å². The van der Waals surface area contributed by atoms with E-state index in [1.54, 1.807) is 12.1 Å². The molecule has 1 aromatic carbocycles. The summed E-state index contributed by atoms with van der Waals surface area (Å²) in [6, 6.07) is 7.26. The minimum absolute atomic E-state index is 0.287. The van der Waals surface area contributed by atoms with Gasteiger partial charge in [0.2, 0.25) is 0 Å². The number of ether oxygens (including phenoxy) is 1. The minimum atomic E-state index is -0.287. The van der Waals surface area contributed by atoms with Crippen LogP contribution in [-0.4, -0.2) is 20.3 Å². The molecule has 0 heterocycles. The van der Waals surface area contributed by atoms with E-state index in [2.05, 4.69) is 4.74 Å². The van der Waals surface area contributed by atoms with Gasteiger partial charge in [0.25, 0.3) is 0 Å². The summed E-state index contributed by atoms with van der Waals surface area (Å²) in [5.41, 5.74) is 1.73. The van der Waals surface area contributed by atoms with E-state index in [0.29, 0.717) is 12.7 Å². The fourth-order valence-corrected chi connectivity index (χ4v) is 0.807. The van der Waals surface area contributed by atoms with Crippen molar-refractivity contribution < 1.29 is 13.9 Å². The van der Waals surface area contributed by atoms with Gasteiger partial charge in [0, 0.05) is 0 Å². The van der Waals surface area contributed by atoms with Crippen LogP contribution in [0.1, 0.15) is 15.9 Å². The maximum Gasteiger partial charge on any atom is 0.337 e. The van der Waals surface area contributed by atoms with Gasteiger partial charge in [-0.05, 0) is 19.1 Å². The largest absolute Gasteiger partial charge is 0.465 e. The lowest BCUT2D eigenvalue weighted by molar-refractivity contribution is 0.0601. The van der Waals surface area contributed by atoms with Crippen molar-refractivity contribution in [3.05, 3.63) is 35.4 Å². The average molecular weight is 184 g/mol. The molecule has 0 saturated carbocycles. The van der Waals surface area contributed by atoms with Crippen LogP contribution >= 0.6 is 0 Å². The average Bonchev–Trinajstić information content (AvgIpc) is 2.21.